The number of nitriles is 1. The van der Waals surface area contributed by atoms with E-state index in [-0.39, 0.29) is 5.57 Å². The van der Waals surface area contributed by atoms with E-state index in [1.165, 1.54) is 6.08 Å². The van der Waals surface area contributed by atoms with E-state index >= 15 is 0 Å². The minimum Gasteiger partial charge on any atom is -0.321 e. The number of nitrogens with one attached hydrogen (secondary N) is 1. The molecule has 0 saturated heterocycles. The summed E-state index contributed by atoms with van der Waals surface area (Å²) in [4.78, 5) is 12.3. The molecule has 0 atom stereocenters. The first kappa shape index (κ1) is 15.8. The molecular weight excluding hydrogens is 296 g/mol. The molecule has 0 aliphatic rings. The Balaban J connectivity index is 2.26. The lowest BCUT2D eigenvalue weighted by atomic mass is 10.1. The number of aryl methyl sites for hydroxylation is 2. The molecule has 2 aromatic rings. The average Bonchev–Trinajstić information content (AvgIpc) is 2.48. The summed E-state index contributed by atoms with van der Waals surface area (Å²) in [7, 11) is 0. The van der Waals surface area contributed by atoms with Gasteiger partial charge in [-0.25, -0.2) is 0 Å². The average molecular weight is 311 g/mol. The first-order valence-electron chi connectivity index (χ1n) is 6.75. The summed E-state index contributed by atoms with van der Waals surface area (Å²) in [6.07, 6.45) is 1.52. The van der Waals surface area contributed by atoms with Crippen LogP contribution in [0.5, 0.6) is 0 Å². The van der Waals surface area contributed by atoms with Crippen molar-refractivity contribution in [2.45, 2.75) is 13.8 Å². The molecule has 0 fully saturated rings. The number of rotatable bonds is 3. The van der Waals surface area contributed by atoms with Gasteiger partial charge < -0.3 is 5.32 Å². The van der Waals surface area contributed by atoms with E-state index in [1.54, 1.807) is 24.3 Å². The van der Waals surface area contributed by atoms with Crippen molar-refractivity contribution in [1.29, 1.82) is 5.26 Å². The maximum absolute atomic E-state index is 12.3. The largest absolute Gasteiger partial charge is 0.321 e. The minimum atomic E-state index is -0.434. The molecule has 0 saturated carbocycles. The fourth-order valence-corrected chi connectivity index (χ4v) is 2.17. The molecule has 1 amide bonds. The summed E-state index contributed by atoms with van der Waals surface area (Å²) in [6.45, 7) is 3.85. The summed E-state index contributed by atoms with van der Waals surface area (Å²) in [6, 6.07) is 14.7. The number of carbonyl (C=O) groups is 1. The van der Waals surface area contributed by atoms with Crippen LogP contribution in [0.15, 0.2) is 48.0 Å². The van der Waals surface area contributed by atoms with Crippen molar-refractivity contribution < 1.29 is 4.79 Å². The maximum atomic E-state index is 12.3. The van der Waals surface area contributed by atoms with Crippen molar-refractivity contribution in [2.24, 2.45) is 0 Å². The highest BCUT2D eigenvalue weighted by atomic mass is 35.5. The topological polar surface area (TPSA) is 52.9 Å². The monoisotopic (exact) mass is 310 g/mol. The molecule has 4 heteroatoms. The van der Waals surface area contributed by atoms with Crippen molar-refractivity contribution in [1.82, 2.24) is 0 Å². The van der Waals surface area contributed by atoms with Gasteiger partial charge in [0.05, 0.1) is 0 Å². The van der Waals surface area contributed by atoms with Gasteiger partial charge in [-0.05, 0) is 54.8 Å². The van der Waals surface area contributed by atoms with Gasteiger partial charge in [-0.2, -0.15) is 5.26 Å². The highest BCUT2D eigenvalue weighted by molar-refractivity contribution is 6.30. The first-order valence-corrected chi connectivity index (χ1v) is 7.13. The molecule has 0 aliphatic heterocycles. The highest BCUT2D eigenvalue weighted by Gasteiger charge is 2.11. The van der Waals surface area contributed by atoms with E-state index in [0.717, 1.165) is 11.1 Å². The number of nitrogens with zero attached hydrogens (tertiary/aromatic N) is 1. The Bertz CT molecular complexity index is 788. The van der Waals surface area contributed by atoms with E-state index in [0.29, 0.717) is 16.3 Å². The van der Waals surface area contributed by atoms with Crippen molar-refractivity contribution in [2.75, 3.05) is 5.32 Å². The van der Waals surface area contributed by atoms with Crippen LogP contribution < -0.4 is 5.32 Å². The highest BCUT2D eigenvalue weighted by Crippen LogP contribution is 2.18. The molecule has 1 N–H and O–H groups in total. The summed E-state index contributed by atoms with van der Waals surface area (Å²) in [5.74, 6) is -0.434. The van der Waals surface area contributed by atoms with Crippen molar-refractivity contribution in [3.05, 3.63) is 69.8 Å². The number of amides is 1. The van der Waals surface area contributed by atoms with E-state index in [1.807, 2.05) is 38.1 Å². The predicted molar refractivity (Wildman–Crippen MR) is 89.6 cm³/mol. The van der Waals surface area contributed by atoms with E-state index in [2.05, 4.69) is 5.32 Å². The fraction of sp³-hybridized carbons (Fsp3) is 0.111. The van der Waals surface area contributed by atoms with Crippen molar-refractivity contribution in [3.8, 4) is 6.07 Å². The molecule has 0 unspecified atom stereocenters. The third kappa shape index (κ3) is 3.97. The Kier molecular flexibility index (Phi) is 4.98. The zero-order valence-electron chi connectivity index (χ0n) is 12.4. The van der Waals surface area contributed by atoms with Crippen LogP contribution >= 0.6 is 11.6 Å². The molecule has 0 aliphatic carbocycles. The Morgan fingerprint density at radius 1 is 1.23 bits per heavy atom. The van der Waals surface area contributed by atoms with Gasteiger partial charge in [0, 0.05) is 10.7 Å². The number of carbonyl (C=O) groups excluding carboxylic acids is 1. The SMILES string of the molecule is Cc1ccc(C)c(NC(=O)/C(C#N)=C/c2cccc(Cl)c2)c1. The second kappa shape index (κ2) is 6.93. The Morgan fingerprint density at radius 3 is 2.68 bits per heavy atom. The van der Waals surface area contributed by atoms with Gasteiger partial charge in [-0.1, -0.05) is 35.9 Å². The number of anilines is 1. The van der Waals surface area contributed by atoms with Gasteiger partial charge in [0.25, 0.3) is 5.91 Å². The van der Waals surface area contributed by atoms with Gasteiger partial charge in [-0.15, -0.1) is 0 Å². The van der Waals surface area contributed by atoms with Crippen LogP contribution in [0.2, 0.25) is 5.02 Å². The lowest BCUT2D eigenvalue weighted by molar-refractivity contribution is -0.112. The lowest BCUT2D eigenvalue weighted by Gasteiger charge is -2.08. The van der Waals surface area contributed by atoms with Crippen LogP contribution in [-0.2, 0) is 4.79 Å². The standard InChI is InChI=1S/C18H15ClN2O/c1-12-6-7-13(2)17(8-12)21-18(22)15(11-20)9-14-4-3-5-16(19)10-14/h3-10H,1-2H3,(H,21,22)/b15-9+. The van der Waals surface area contributed by atoms with Crippen LogP contribution in [0, 0.1) is 25.2 Å². The molecule has 2 aromatic carbocycles. The van der Waals surface area contributed by atoms with Gasteiger partial charge in [0.2, 0.25) is 0 Å². The number of benzene rings is 2. The zero-order chi connectivity index (χ0) is 16.1. The van der Waals surface area contributed by atoms with Crippen molar-refractivity contribution >= 4 is 29.3 Å². The Labute approximate surface area is 134 Å². The quantitative estimate of drug-likeness (QED) is 0.670. The summed E-state index contributed by atoms with van der Waals surface area (Å²) in [5, 5.41) is 12.5. The molecule has 0 radical (unpaired) electrons. The smallest absolute Gasteiger partial charge is 0.266 e. The molecule has 0 heterocycles. The van der Waals surface area contributed by atoms with E-state index in [4.69, 9.17) is 11.6 Å². The van der Waals surface area contributed by atoms with Gasteiger partial charge in [0.1, 0.15) is 11.6 Å². The Hall–Kier alpha value is -2.57. The van der Waals surface area contributed by atoms with Crippen LogP contribution in [0.3, 0.4) is 0 Å². The van der Waals surface area contributed by atoms with Crippen molar-refractivity contribution in [3.63, 3.8) is 0 Å². The van der Waals surface area contributed by atoms with Gasteiger partial charge >= 0.3 is 0 Å². The maximum Gasteiger partial charge on any atom is 0.266 e. The zero-order valence-corrected chi connectivity index (χ0v) is 13.1. The van der Waals surface area contributed by atoms with Crippen LogP contribution in [0.25, 0.3) is 6.08 Å². The molecule has 0 aromatic heterocycles. The predicted octanol–water partition coefficient (Wildman–Crippen LogP) is 4.50. The molecule has 0 bridgehead atoms. The second-order valence-electron chi connectivity index (χ2n) is 5.00. The number of hydrogen-bond acceptors (Lipinski definition) is 2. The summed E-state index contributed by atoms with van der Waals surface area (Å²) >= 11 is 5.91. The molecule has 2 rings (SSSR count). The summed E-state index contributed by atoms with van der Waals surface area (Å²) in [5.41, 5.74) is 3.43. The molecule has 3 nitrogen and oxygen atoms in total. The normalized spacial score (nSPS) is 10.9. The third-order valence-electron chi connectivity index (χ3n) is 3.17. The number of halogens is 1. The number of hydrogen-bond donors (Lipinski definition) is 1. The lowest BCUT2D eigenvalue weighted by Crippen LogP contribution is -2.14. The first-order chi connectivity index (χ1) is 10.5. The van der Waals surface area contributed by atoms with Gasteiger partial charge in [-0.3, -0.25) is 4.79 Å². The fourth-order valence-electron chi connectivity index (χ4n) is 1.97. The van der Waals surface area contributed by atoms with E-state index in [9.17, 15) is 10.1 Å². The van der Waals surface area contributed by atoms with Gasteiger partial charge in [0.15, 0.2) is 0 Å². The van der Waals surface area contributed by atoms with E-state index < -0.39 is 5.91 Å². The third-order valence-corrected chi connectivity index (χ3v) is 3.40. The molecule has 22 heavy (non-hydrogen) atoms. The van der Waals surface area contributed by atoms with Crippen LogP contribution in [0.4, 0.5) is 5.69 Å². The van der Waals surface area contributed by atoms with Crippen LogP contribution in [0.1, 0.15) is 16.7 Å². The molecular formula is C18H15ClN2O. The minimum absolute atomic E-state index is 0.0307. The van der Waals surface area contributed by atoms with Crippen LogP contribution in [-0.4, -0.2) is 5.91 Å². The second-order valence-corrected chi connectivity index (χ2v) is 5.43. The summed E-state index contributed by atoms with van der Waals surface area (Å²) < 4.78 is 0. The Morgan fingerprint density at radius 2 is 2.00 bits per heavy atom. The molecule has 110 valence electrons. The molecule has 0 spiro atoms.